The second-order valence-corrected chi connectivity index (χ2v) is 5.58. The fourth-order valence-corrected chi connectivity index (χ4v) is 2.72. The molecule has 0 aliphatic heterocycles. The van der Waals surface area contributed by atoms with E-state index in [2.05, 4.69) is 29.1 Å². The van der Waals surface area contributed by atoms with Gasteiger partial charge in [-0.1, -0.05) is 31.4 Å². The standard InChI is InChI=1S/C13H20ClN3/c1-10-4-3-5-12(8-10)17(2)9-11-6-7-13(14)16-15-11/h6-7,10,12H,3-5,8-9H2,1-2H3. The number of rotatable bonds is 3. The van der Waals surface area contributed by atoms with E-state index >= 15 is 0 Å². The summed E-state index contributed by atoms with van der Waals surface area (Å²) in [7, 11) is 2.18. The Labute approximate surface area is 108 Å². The highest BCUT2D eigenvalue weighted by atomic mass is 35.5. The molecule has 2 atom stereocenters. The van der Waals surface area contributed by atoms with Crippen LogP contribution in [0.3, 0.4) is 0 Å². The maximum absolute atomic E-state index is 5.73. The lowest BCUT2D eigenvalue weighted by Gasteiger charge is -2.33. The Morgan fingerprint density at radius 1 is 1.35 bits per heavy atom. The lowest BCUT2D eigenvalue weighted by molar-refractivity contribution is 0.156. The van der Waals surface area contributed by atoms with Crippen LogP contribution in [0.4, 0.5) is 0 Å². The summed E-state index contributed by atoms with van der Waals surface area (Å²) in [5, 5.41) is 8.45. The zero-order valence-electron chi connectivity index (χ0n) is 10.6. The van der Waals surface area contributed by atoms with Crippen molar-refractivity contribution < 1.29 is 0 Å². The van der Waals surface area contributed by atoms with E-state index in [1.807, 2.05) is 6.07 Å². The van der Waals surface area contributed by atoms with Gasteiger partial charge in [-0.25, -0.2) is 0 Å². The third kappa shape index (κ3) is 3.65. The summed E-state index contributed by atoms with van der Waals surface area (Å²) in [5.74, 6) is 0.854. The number of hydrogen-bond acceptors (Lipinski definition) is 3. The highest BCUT2D eigenvalue weighted by molar-refractivity contribution is 6.29. The molecule has 4 heteroatoms. The van der Waals surface area contributed by atoms with Gasteiger partial charge in [0.15, 0.2) is 5.15 Å². The maximum Gasteiger partial charge on any atom is 0.151 e. The van der Waals surface area contributed by atoms with Crippen molar-refractivity contribution in [2.24, 2.45) is 5.92 Å². The van der Waals surface area contributed by atoms with Gasteiger partial charge < -0.3 is 0 Å². The summed E-state index contributed by atoms with van der Waals surface area (Å²) in [4.78, 5) is 2.40. The minimum absolute atomic E-state index is 0.461. The second-order valence-electron chi connectivity index (χ2n) is 5.19. The van der Waals surface area contributed by atoms with Crippen LogP contribution in [-0.4, -0.2) is 28.2 Å². The Morgan fingerprint density at radius 2 is 2.18 bits per heavy atom. The van der Waals surface area contributed by atoms with Crippen LogP contribution in [0, 0.1) is 5.92 Å². The molecule has 1 aliphatic rings. The molecule has 1 aromatic rings. The van der Waals surface area contributed by atoms with Crippen LogP contribution in [0.25, 0.3) is 0 Å². The van der Waals surface area contributed by atoms with Gasteiger partial charge in [0.2, 0.25) is 0 Å². The molecule has 0 saturated heterocycles. The third-order valence-electron chi connectivity index (χ3n) is 3.63. The van der Waals surface area contributed by atoms with Crippen molar-refractivity contribution in [3.05, 3.63) is 23.0 Å². The van der Waals surface area contributed by atoms with Crippen molar-refractivity contribution in [2.75, 3.05) is 7.05 Å². The molecule has 2 rings (SSSR count). The number of hydrogen-bond donors (Lipinski definition) is 0. The van der Waals surface area contributed by atoms with Crippen molar-refractivity contribution in [2.45, 2.75) is 45.2 Å². The molecule has 0 N–H and O–H groups in total. The summed E-state index contributed by atoms with van der Waals surface area (Å²) < 4.78 is 0. The average molecular weight is 254 g/mol. The Morgan fingerprint density at radius 3 is 2.82 bits per heavy atom. The minimum atomic E-state index is 0.461. The Bertz CT molecular complexity index is 352. The summed E-state index contributed by atoms with van der Waals surface area (Å²) in [5.41, 5.74) is 0.995. The molecular weight excluding hydrogens is 234 g/mol. The van der Waals surface area contributed by atoms with Gasteiger partial charge in [-0.15, -0.1) is 5.10 Å². The monoisotopic (exact) mass is 253 g/mol. The van der Waals surface area contributed by atoms with Gasteiger partial charge in [-0.05, 0) is 37.9 Å². The first kappa shape index (κ1) is 12.8. The fourth-order valence-electron chi connectivity index (χ4n) is 2.62. The van der Waals surface area contributed by atoms with Crippen molar-refractivity contribution in [1.82, 2.24) is 15.1 Å². The van der Waals surface area contributed by atoms with Crippen LogP contribution >= 0.6 is 11.6 Å². The predicted molar refractivity (Wildman–Crippen MR) is 69.9 cm³/mol. The van der Waals surface area contributed by atoms with Crippen LogP contribution in [0.5, 0.6) is 0 Å². The highest BCUT2D eigenvalue weighted by Crippen LogP contribution is 2.27. The van der Waals surface area contributed by atoms with E-state index in [4.69, 9.17) is 11.6 Å². The minimum Gasteiger partial charge on any atom is -0.298 e. The van der Waals surface area contributed by atoms with E-state index in [1.54, 1.807) is 6.07 Å². The van der Waals surface area contributed by atoms with Crippen molar-refractivity contribution in [3.63, 3.8) is 0 Å². The summed E-state index contributed by atoms with van der Waals surface area (Å²) in [6.07, 6.45) is 5.34. The zero-order valence-corrected chi connectivity index (χ0v) is 11.3. The summed E-state index contributed by atoms with van der Waals surface area (Å²) in [6, 6.07) is 4.45. The molecule has 1 aliphatic carbocycles. The van der Waals surface area contributed by atoms with Gasteiger partial charge in [-0.3, -0.25) is 4.90 Å². The Hall–Kier alpha value is -0.670. The maximum atomic E-state index is 5.73. The summed E-state index contributed by atoms with van der Waals surface area (Å²) >= 11 is 5.73. The van der Waals surface area contributed by atoms with Crippen LogP contribution in [0.1, 0.15) is 38.3 Å². The van der Waals surface area contributed by atoms with Crippen LogP contribution in [0.2, 0.25) is 5.15 Å². The van der Waals surface area contributed by atoms with Gasteiger partial charge in [0.1, 0.15) is 0 Å². The van der Waals surface area contributed by atoms with Crippen molar-refractivity contribution in [1.29, 1.82) is 0 Å². The van der Waals surface area contributed by atoms with Gasteiger partial charge in [0.25, 0.3) is 0 Å². The molecule has 1 aromatic heterocycles. The quantitative estimate of drug-likeness (QED) is 0.829. The van der Waals surface area contributed by atoms with E-state index in [0.717, 1.165) is 18.2 Å². The van der Waals surface area contributed by atoms with Crippen molar-refractivity contribution >= 4 is 11.6 Å². The molecule has 3 nitrogen and oxygen atoms in total. The normalized spacial score (nSPS) is 25.2. The van der Waals surface area contributed by atoms with E-state index in [9.17, 15) is 0 Å². The molecule has 0 aromatic carbocycles. The topological polar surface area (TPSA) is 29.0 Å². The van der Waals surface area contributed by atoms with Gasteiger partial charge in [0.05, 0.1) is 5.69 Å². The van der Waals surface area contributed by atoms with Crippen LogP contribution < -0.4 is 0 Å². The molecule has 1 fully saturated rings. The predicted octanol–water partition coefficient (Wildman–Crippen LogP) is 3.14. The van der Waals surface area contributed by atoms with Gasteiger partial charge in [-0.2, -0.15) is 5.10 Å². The third-order valence-corrected chi connectivity index (χ3v) is 3.83. The van der Waals surface area contributed by atoms with E-state index in [0.29, 0.717) is 11.2 Å². The molecule has 0 bridgehead atoms. The molecule has 2 unspecified atom stereocenters. The molecule has 1 heterocycles. The molecule has 17 heavy (non-hydrogen) atoms. The fraction of sp³-hybridized carbons (Fsp3) is 0.692. The molecule has 1 saturated carbocycles. The lowest BCUT2D eigenvalue weighted by atomic mass is 9.86. The molecule has 94 valence electrons. The number of nitrogens with zero attached hydrogens (tertiary/aromatic N) is 3. The molecule has 0 amide bonds. The number of aromatic nitrogens is 2. The first-order valence-electron chi connectivity index (χ1n) is 6.33. The van der Waals surface area contributed by atoms with Gasteiger partial charge >= 0.3 is 0 Å². The SMILES string of the molecule is CC1CCCC(N(C)Cc2ccc(Cl)nn2)C1. The van der Waals surface area contributed by atoms with Crippen molar-refractivity contribution in [3.8, 4) is 0 Å². The highest BCUT2D eigenvalue weighted by Gasteiger charge is 2.22. The first-order valence-corrected chi connectivity index (χ1v) is 6.71. The first-order chi connectivity index (χ1) is 8.15. The summed E-state index contributed by atoms with van der Waals surface area (Å²) in [6.45, 7) is 3.21. The number of halogens is 1. The average Bonchev–Trinajstić information content (AvgIpc) is 2.32. The van der Waals surface area contributed by atoms with Crippen LogP contribution in [0.15, 0.2) is 12.1 Å². The molecule has 0 radical (unpaired) electrons. The van der Waals surface area contributed by atoms with Gasteiger partial charge in [0, 0.05) is 12.6 Å². The van der Waals surface area contributed by atoms with Crippen LogP contribution in [-0.2, 0) is 6.54 Å². The smallest absolute Gasteiger partial charge is 0.151 e. The zero-order chi connectivity index (χ0) is 12.3. The molecular formula is C13H20ClN3. The molecule has 0 spiro atoms. The Kier molecular flexibility index (Phi) is 4.35. The second kappa shape index (κ2) is 5.78. The Balaban J connectivity index is 1.91. The largest absolute Gasteiger partial charge is 0.298 e. The van der Waals surface area contributed by atoms with E-state index in [1.165, 1.54) is 25.7 Å². The van der Waals surface area contributed by atoms with E-state index in [-0.39, 0.29) is 0 Å². The van der Waals surface area contributed by atoms with E-state index < -0.39 is 0 Å². The lowest BCUT2D eigenvalue weighted by Crippen LogP contribution is -2.35.